The Morgan fingerprint density at radius 3 is 2.58 bits per heavy atom. The first-order valence-corrected chi connectivity index (χ1v) is 6.23. The summed E-state index contributed by atoms with van der Waals surface area (Å²) < 4.78 is 4.82. The van der Waals surface area contributed by atoms with E-state index in [1.54, 1.807) is 31.4 Å². The van der Waals surface area contributed by atoms with Crippen LogP contribution in [0.15, 0.2) is 24.3 Å². The van der Waals surface area contributed by atoms with Crippen LogP contribution in [0.4, 0.5) is 0 Å². The summed E-state index contributed by atoms with van der Waals surface area (Å²) in [5.74, 6) is 0. The summed E-state index contributed by atoms with van der Waals surface area (Å²) >= 11 is 0. The number of nitriles is 1. The second-order valence-electron chi connectivity index (χ2n) is 4.35. The molecule has 2 unspecified atom stereocenters. The van der Waals surface area contributed by atoms with E-state index in [9.17, 15) is 10.2 Å². The van der Waals surface area contributed by atoms with E-state index in [2.05, 4.69) is 5.32 Å². The van der Waals surface area contributed by atoms with Crippen LogP contribution in [0.1, 0.15) is 23.7 Å². The van der Waals surface area contributed by atoms with Gasteiger partial charge in [0, 0.05) is 13.7 Å². The third-order valence-electron chi connectivity index (χ3n) is 2.78. The number of methoxy groups -OCH3 is 1. The van der Waals surface area contributed by atoms with E-state index in [0.717, 1.165) is 5.56 Å². The lowest BCUT2D eigenvalue weighted by atomic mass is 10.1. The molecule has 0 spiro atoms. The summed E-state index contributed by atoms with van der Waals surface area (Å²) in [6.45, 7) is 1.34. The standard InChI is InChI=1S/C14H20N2O3/c1-19-10-13(17)6-7-16-9-14(18)12-4-2-11(8-15)3-5-12/h2-5,13-14,16-18H,6-7,9-10H2,1H3. The Morgan fingerprint density at radius 1 is 1.32 bits per heavy atom. The largest absolute Gasteiger partial charge is 0.391 e. The maximum Gasteiger partial charge on any atom is 0.0991 e. The number of hydrogen-bond acceptors (Lipinski definition) is 5. The van der Waals surface area contributed by atoms with E-state index in [1.165, 1.54) is 0 Å². The number of hydrogen-bond donors (Lipinski definition) is 3. The molecule has 0 amide bonds. The normalized spacial score (nSPS) is 13.8. The van der Waals surface area contributed by atoms with Gasteiger partial charge in [-0.05, 0) is 30.7 Å². The fraction of sp³-hybridized carbons (Fsp3) is 0.500. The van der Waals surface area contributed by atoms with Gasteiger partial charge in [-0.1, -0.05) is 12.1 Å². The second-order valence-corrected chi connectivity index (χ2v) is 4.35. The molecule has 1 aromatic rings. The molecule has 2 atom stereocenters. The molecule has 0 aliphatic rings. The van der Waals surface area contributed by atoms with E-state index in [4.69, 9.17) is 10.00 Å². The fourth-order valence-corrected chi connectivity index (χ4v) is 1.68. The molecule has 1 rings (SSSR count). The Balaban J connectivity index is 2.27. The third-order valence-corrected chi connectivity index (χ3v) is 2.78. The Morgan fingerprint density at radius 2 is 2.00 bits per heavy atom. The minimum atomic E-state index is -0.618. The number of aliphatic hydroxyl groups is 2. The van der Waals surface area contributed by atoms with E-state index in [0.29, 0.717) is 31.7 Å². The van der Waals surface area contributed by atoms with Crippen molar-refractivity contribution in [1.29, 1.82) is 5.26 Å². The van der Waals surface area contributed by atoms with Crippen molar-refractivity contribution in [2.75, 3.05) is 26.8 Å². The van der Waals surface area contributed by atoms with Gasteiger partial charge in [-0.15, -0.1) is 0 Å². The molecule has 5 nitrogen and oxygen atoms in total. The number of rotatable bonds is 8. The lowest BCUT2D eigenvalue weighted by molar-refractivity contribution is 0.0586. The topological polar surface area (TPSA) is 85.5 Å². The highest BCUT2D eigenvalue weighted by Gasteiger charge is 2.08. The van der Waals surface area contributed by atoms with Crippen LogP contribution in [0.5, 0.6) is 0 Å². The third kappa shape index (κ3) is 5.81. The van der Waals surface area contributed by atoms with E-state index in [-0.39, 0.29) is 0 Å². The average Bonchev–Trinajstić information content (AvgIpc) is 2.44. The van der Waals surface area contributed by atoms with Crippen LogP contribution in [0.25, 0.3) is 0 Å². The molecular weight excluding hydrogens is 244 g/mol. The first-order chi connectivity index (χ1) is 9.17. The van der Waals surface area contributed by atoms with Gasteiger partial charge in [0.05, 0.1) is 30.4 Å². The van der Waals surface area contributed by atoms with Crippen molar-refractivity contribution in [1.82, 2.24) is 5.32 Å². The summed E-state index contributed by atoms with van der Waals surface area (Å²) in [5.41, 5.74) is 1.34. The van der Waals surface area contributed by atoms with Gasteiger partial charge in [0.25, 0.3) is 0 Å². The number of ether oxygens (including phenoxy) is 1. The van der Waals surface area contributed by atoms with Crippen LogP contribution in [0.2, 0.25) is 0 Å². The average molecular weight is 264 g/mol. The van der Waals surface area contributed by atoms with Crippen molar-refractivity contribution < 1.29 is 14.9 Å². The monoisotopic (exact) mass is 264 g/mol. The molecule has 0 saturated heterocycles. The van der Waals surface area contributed by atoms with E-state index < -0.39 is 12.2 Å². The SMILES string of the molecule is COCC(O)CCNCC(O)c1ccc(C#N)cc1. The molecular formula is C14H20N2O3. The van der Waals surface area contributed by atoms with Crippen molar-refractivity contribution >= 4 is 0 Å². The molecule has 1 aromatic carbocycles. The van der Waals surface area contributed by atoms with E-state index in [1.807, 2.05) is 6.07 Å². The molecule has 0 bridgehead atoms. The smallest absolute Gasteiger partial charge is 0.0991 e. The molecule has 5 heteroatoms. The summed E-state index contributed by atoms with van der Waals surface area (Å²) in [5, 5.41) is 31.1. The Labute approximate surface area is 113 Å². The molecule has 3 N–H and O–H groups in total. The number of nitrogens with zero attached hydrogens (tertiary/aromatic N) is 1. The van der Waals surface area contributed by atoms with Crippen LogP contribution >= 0.6 is 0 Å². The zero-order valence-corrected chi connectivity index (χ0v) is 11.0. The Kier molecular flexibility index (Phi) is 7.08. The van der Waals surface area contributed by atoms with Crippen LogP contribution in [-0.4, -0.2) is 43.1 Å². The fourth-order valence-electron chi connectivity index (χ4n) is 1.68. The quantitative estimate of drug-likeness (QED) is 0.598. The Bertz CT molecular complexity index is 400. The summed E-state index contributed by atoms with van der Waals surface area (Å²) in [6, 6.07) is 8.88. The molecule has 0 radical (unpaired) electrons. The predicted molar refractivity (Wildman–Crippen MR) is 71.5 cm³/mol. The maximum absolute atomic E-state index is 9.92. The van der Waals surface area contributed by atoms with Gasteiger partial charge in [0.15, 0.2) is 0 Å². The van der Waals surface area contributed by atoms with Crippen molar-refractivity contribution in [2.24, 2.45) is 0 Å². The lowest BCUT2D eigenvalue weighted by Crippen LogP contribution is -2.26. The summed E-state index contributed by atoms with van der Waals surface area (Å²) in [7, 11) is 1.55. The zero-order valence-electron chi connectivity index (χ0n) is 11.0. The lowest BCUT2D eigenvalue weighted by Gasteiger charge is -2.14. The minimum Gasteiger partial charge on any atom is -0.391 e. The maximum atomic E-state index is 9.92. The number of nitrogens with one attached hydrogen (secondary N) is 1. The van der Waals surface area contributed by atoms with Crippen LogP contribution in [0.3, 0.4) is 0 Å². The highest BCUT2D eigenvalue weighted by Crippen LogP contribution is 2.12. The van der Waals surface area contributed by atoms with Gasteiger partial charge < -0.3 is 20.3 Å². The number of aliphatic hydroxyl groups excluding tert-OH is 2. The first-order valence-electron chi connectivity index (χ1n) is 6.23. The molecule has 0 saturated carbocycles. The molecule has 104 valence electrons. The highest BCUT2D eigenvalue weighted by atomic mass is 16.5. The molecule has 0 aliphatic heterocycles. The summed E-state index contributed by atoms with van der Waals surface area (Å²) in [4.78, 5) is 0. The highest BCUT2D eigenvalue weighted by molar-refractivity contribution is 5.32. The van der Waals surface area contributed by atoms with Crippen molar-refractivity contribution in [3.05, 3.63) is 35.4 Å². The van der Waals surface area contributed by atoms with Gasteiger partial charge >= 0.3 is 0 Å². The predicted octanol–water partition coefficient (Wildman–Crippen LogP) is 0.579. The van der Waals surface area contributed by atoms with Gasteiger partial charge in [-0.3, -0.25) is 0 Å². The molecule has 0 aromatic heterocycles. The van der Waals surface area contributed by atoms with Crippen LogP contribution in [0, 0.1) is 11.3 Å². The van der Waals surface area contributed by atoms with Crippen molar-refractivity contribution in [3.8, 4) is 6.07 Å². The molecule has 0 heterocycles. The van der Waals surface area contributed by atoms with Gasteiger partial charge in [-0.25, -0.2) is 0 Å². The van der Waals surface area contributed by atoms with E-state index >= 15 is 0 Å². The van der Waals surface area contributed by atoms with Crippen molar-refractivity contribution in [2.45, 2.75) is 18.6 Å². The summed E-state index contributed by atoms with van der Waals surface area (Å²) in [6.07, 6.45) is -0.523. The first kappa shape index (κ1) is 15.6. The van der Waals surface area contributed by atoms with Crippen molar-refractivity contribution in [3.63, 3.8) is 0 Å². The van der Waals surface area contributed by atoms with Crippen LogP contribution < -0.4 is 5.32 Å². The second kappa shape index (κ2) is 8.62. The minimum absolute atomic E-state index is 0.319. The molecule has 0 aliphatic carbocycles. The Hall–Kier alpha value is -1.45. The molecule has 19 heavy (non-hydrogen) atoms. The van der Waals surface area contributed by atoms with Crippen LogP contribution in [-0.2, 0) is 4.74 Å². The van der Waals surface area contributed by atoms with Gasteiger partial charge in [0.2, 0.25) is 0 Å². The zero-order chi connectivity index (χ0) is 14.1. The molecule has 0 fully saturated rings. The number of benzene rings is 1. The van der Waals surface area contributed by atoms with Gasteiger partial charge in [-0.2, -0.15) is 5.26 Å². The van der Waals surface area contributed by atoms with Gasteiger partial charge in [0.1, 0.15) is 0 Å².